The van der Waals surface area contributed by atoms with Crippen LogP contribution in [0.1, 0.15) is 10.4 Å². The van der Waals surface area contributed by atoms with Gasteiger partial charge in [0.25, 0.3) is 5.56 Å². The van der Waals surface area contributed by atoms with Crippen LogP contribution in [-0.2, 0) is 14.1 Å². The second-order valence-corrected chi connectivity index (χ2v) is 2.98. The smallest absolute Gasteiger partial charge is 0.345 e. The molecular weight excluding hydrogens is 202 g/mol. The highest BCUT2D eigenvalue weighted by molar-refractivity contribution is 5.92. The predicted octanol–water partition coefficient (Wildman–Crippen LogP) is -1.18. The molecule has 0 saturated carbocycles. The molecule has 7 nitrogen and oxygen atoms in total. The maximum Gasteiger partial charge on any atom is 0.345 e. The van der Waals surface area contributed by atoms with Crippen LogP contribution < -0.4 is 16.6 Å². The highest BCUT2D eigenvalue weighted by Gasteiger charge is 2.20. The van der Waals surface area contributed by atoms with Crippen molar-refractivity contribution in [3.63, 3.8) is 0 Å². The summed E-state index contributed by atoms with van der Waals surface area (Å²) in [6.07, 6.45) is 0. The predicted molar refractivity (Wildman–Crippen MR) is 53.4 cm³/mol. The van der Waals surface area contributed by atoms with Gasteiger partial charge in [0.05, 0.1) is 0 Å². The average molecular weight is 213 g/mol. The minimum Gasteiger partial charge on any atom is -0.477 e. The Balaban J connectivity index is 3.87. The molecule has 1 aromatic heterocycles. The number of carboxylic acid groups (broad SMARTS) is 1. The van der Waals surface area contributed by atoms with Crippen LogP contribution in [-0.4, -0.2) is 27.3 Å². The third-order valence-corrected chi connectivity index (χ3v) is 2.12. The Morgan fingerprint density at radius 2 is 1.80 bits per heavy atom. The van der Waals surface area contributed by atoms with Gasteiger partial charge >= 0.3 is 11.7 Å². The second kappa shape index (κ2) is 3.60. The largest absolute Gasteiger partial charge is 0.477 e. The molecule has 0 fully saturated rings. The number of anilines is 1. The zero-order valence-corrected chi connectivity index (χ0v) is 8.57. The van der Waals surface area contributed by atoms with Crippen molar-refractivity contribution in [2.24, 2.45) is 14.1 Å². The Hall–Kier alpha value is -2.05. The summed E-state index contributed by atoms with van der Waals surface area (Å²) >= 11 is 0. The van der Waals surface area contributed by atoms with E-state index in [0.29, 0.717) is 0 Å². The minimum atomic E-state index is -1.37. The fraction of sp³-hybridized carbons (Fsp3) is 0.375. The number of nitrogens with one attached hydrogen (secondary N) is 1. The Morgan fingerprint density at radius 3 is 2.20 bits per heavy atom. The van der Waals surface area contributed by atoms with Crippen LogP contribution in [0.5, 0.6) is 0 Å². The lowest BCUT2D eigenvalue weighted by Crippen LogP contribution is -2.41. The summed E-state index contributed by atoms with van der Waals surface area (Å²) in [6, 6.07) is 0. The molecule has 0 aromatic carbocycles. The number of aromatic nitrogens is 2. The third kappa shape index (κ3) is 1.51. The van der Waals surface area contributed by atoms with E-state index in [0.717, 1.165) is 9.13 Å². The molecule has 82 valence electrons. The van der Waals surface area contributed by atoms with Gasteiger partial charge in [-0.3, -0.25) is 13.9 Å². The van der Waals surface area contributed by atoms with Crippen molar-refractivity contribution >= 4 is 11.8 Å². The summed E-state index contributed by atoms with van der Waals surface area (Å²) < 4.78 is 1.83. The maximum absolute atomic E-state index is 11.5. The van der Waals surface area contributed by atoms with Gasteiger partial charge in [0.15, 0.2) is 5.56 Å². The van der Waals surface area contributed by atoms with Gasteiger partial charge in [-0.05, 0) is 0 Å². The van der Waals surface area contributed by atoms with Crippen molar-refractivity contribution in [3.05, 3.63) is 26.4 Å². The van der Waals surface area contributed by atoms with Crippen molar-refractivity contribution in [3.8, 4) is 0 Å². The van der Waals surface area contributed by atoms with Gasteiger partial charge in [0.1, 0.15) is 5.82 Å². The molecule has 1 aromatic rings. The summed E-state index contributed by atoms with van der Waals surface area (Å²) in [6.45, 7) is 0. The third-order valence-electron chi connectivity index (χ3n) is 2.12. The van der Waals surface area contributed by atoms with Crippen molar-refractivity contribution in [2.75, 3.05) is 12.4 Å². The Morgan fingerprint density at radius 1 is 1.27 bits per heavy atom. The summed E-state index contributed by atoms with van der Waals surface area (Å²) in [5.41, 5.74) is -1.84. The molecule has 0 aliphatic rings. The summed E-state index contributed by atoms with van der Waals surface area (Å²) in [4.78, 5) is 33.8. The van der Waals surface area contributed by atoms with Gasteiger partial charge in [0.2, 0.25) is 0 Å². The van der Waals surface area contributed by atoms with E-state index in [1.807, 2.05) is 0 Å². The van der Waals surface area contributed by atoms with Crippen molar-refractivity contribution in [1.29, 1.82) is 0 Å². The zero-order chi connectivity index (χ0) is 11.7. The summed E-state index contributed by atoms with van der Waals surface area (Å²) in [7, 11) is 4.07. The van der Waals surface area contributed by atoms with Gasteiger partial charge < -0.3 is 10.4 Å². The van der Waals surface area contributed by atoms with Gasteiger partial charge in [-0.1, -0.05) is 0 Å². The number of carbonyl (C=O) groups is 1. The van der Waals surface area contributed by atoms with Crippen LogP contribution in [0.3, 0.4) is 0 Å². The fourth-order valence-corrected chi connectivity index (χ4v) is 1.33. The highest BCUT2D eigenvalue weighted by Crippen LogP contribution is 2.06. The SMILES string of the molecule is CNc1c(C(=O)O)c(=O)n(C)c(=O)n1C. The van der Waals surface area contributed by atoms with Crippen LogP contribution in [0.15, 0.2) is 9.59 Å². The number of aromatic carboxylic acids is 1. The molecule has 7 heteroatoms. The molecule has 1 rings (SSSR count). The molecule has 15 heavy (non-hydrogen) atoms. The van der Waals surface area contributed by atoms with E-state index in [1.54, 1.807) is 0 Å². The van der Waals surface area contributed by atoms with Gasteiger partial charge in [-0.25, -0.2) is 9.59 Å². The number of rotatable bonds is 2. The Labute approximate surface area is 84.6 Å². The molecular formula is C8H11N3O4. The van der Waals surface area contributed by atoms with Crippen molar-refractivity contribution in [2.45, 2.75) is 0 Å². The quantitative estimate of drug-likeness (QED) is 0.645. The van der Waals surface area contributed by atoms with Gasteiger partial charge in [-0.2, -0.15) is 0 Å². The van der Waals surface area contributed by atoms with Crippen molar-refractivity contribution in [1.82, 2.24) is 9.13 Å². The molecule has 0 radical (unpaired) electrons. The van der Waals surface area contributed by atoms with E-state index < -0.39 is 22.8 Å². The number of carboxylic acids is 1. The molecule has 0 bridgehead atoms. The first-order chi connectivity index (χ1) is 6.91. The molecule has 0 amide bonds. The van der Waals surface area contributed by atoms with E-state index >= 15 is 0 Å². The van der Waals surface area contributed by atoms with E-state index in [4.69, 9.17) is 5.11 Å². The Bertz CT molecular complexity index is 526. The molecule has 1 heterocycles. The second-order valence-electron chi connectivity index (χ2n) is 2.98. The highest BCUT2D eigenvalue weighted by atomic mass is 16.4. The van der Waals surface area contributed by atoms with E-state index in [9.17, 15) is 14.4 Å². The monoisotopic (exact) mass is 213 g/mol. The van der Waals surface area contributed by atoms with Crippen LogP contribution in [0.4, 0.5) is 5.82 Å². The maximum atomic E-state index is 11.5. The average Bonchev–Trinajstić information content (AvgIpc) is 2.19. The lowest BCUT2D eigenvalue weighted by atomic mass is 10.3. The van der Waals surface area contributed by atoms with E-state index in [-0.39, 0.29) is 5.82 Å². The topological polar surface area (TPSA) is 93.3 Å². The zero-order valence-electron chi connectivity index (χ0n) is 8.57. The molecule has 0 spiro atoms. The molecule has 0 unspecified atom stereocenters. The first kappa shape index (κ1) is 11.0. The lowest BCUT2D eigenvalue weighted by molar-refractivity contribution is 0.0694. The molecule has 0 aliphatic carbocycles. The minimum absolute atomic E-state index is 0.00407. The van der Waals surface area contributed by atoms with E-state index in [1.165, 1.54) is 21.1 Å². The van der Waals surface area contributed by atoms with Crippen molar-refractivity contribution < 1.29 is 9.90 Å². The van der Waals surface area contributed by atoms with Crippen LogP contribution in [0.25, 0.3) is 0 Å². The number of hydrogen-bond acceptors (Lipinski definition) is 4. The summed E-state index contributed by atoms with van der Waals surface area (Å²) in [5, 5.41) is 11.4. The van der Waals surface area contributed by atoms with Gasteiger partial charge in [0, 0.05) is 21.1 Å². The van der Waals surface area contributed by atoms with Crippen LogP contribution in [0, 0.1) is 0 Å². The molecule has 0 atom stereocenters. The number of hydrogen-bond donors (Lipinski definition) is 2. The number of nitrogens with zero attached hydrogens (tertiary/aromatic N) is 2. The molecule has 2 N–H and O–H groups in total. The van der Waals surface area contributed by atoms with Gasteiger partial charge in [-0.15, -0.1) is 0 Å². The summed E-state index contributed by atoms with van der Waals surface area (Å²) in [5.74, 6) is -1.37. The fourth-order valence-electron chi connectivity index (χ4n) is 1.33. The first-order valence-corrected chi connectivity index (χ1v) is 4.12. The normalized spacial score (nSPS) is 10.1. The first-order valence-electron chi connectivity index (χ1n) is 4.12. The van der Waals surface area contributed by atoms with Crippen LogP contribution in [0.2, 0.25) is 0 Å². The van der Waals surface area contributed by atoms with Crippen LogP contribution >= 0.6 is 0 Å². The molecule has 0 saturated heterocycles. The lowest BCUT2D eigenvalue weighted by Gasteiger charge is -2.11. The Kier molecular flexibility index (Phi) is 2.65. The standard InChI is InChI=1S/C8H11N3O4/c1-9-5-4(7(13)14)6(12)11(3)8(15)10(5)2/h9H,1-3H3,(H,13,14). The molecule has 0 aliphatic heterocycles. The van der Waals surface area contributed by atoms with E-state index in [2.05, 4.69) is 5.32 Å².